The second-order valence-electron chi connectivity index (χ2n) is 4.69. The van der Waals surface area contributed by atoms with Gasteiger partial charge in [-0.3, -0.25) is 0 Å². The standard InChI is InChI=1S/C13H16F3N3O2/c1-2-21-12(20)10-9(13(14,15)16)11(18-8-17-10)19-6-4-3-5-7-19/h8H,2-7H2,1H3. The van der Waals surface area contributed by atoms with Gasteiger partial charge >= 0.3 is 12.1 Å². The number of carbonyl (C=O) groups excluding carboxylic acids is 1. The zero-order valence-electron chi connectivity index (χ0n) is 11.6. The average Bonchev–Trinajstić information content (AvgIpc) is 2.46. The highest BCUT2D eigenvalue weighted by molar-refractivity contribution is 5.90. The summed E-state index contributed by atoms with van der Waals surface area (Å²) >= 11 is 0. The van der Waals surface area contributed by atoms with E-state index in [1.54, 1.807) is 4.90 Å². The van der Waals surface area contributed by atoms with Crippen LogP contribution in [0, 0.1) is 0 Å². The van der Waals surface area contributed by atoms with E-state index in [-0.39, 0.29) is 12.4 Å². The van der Waals surface area contributed by atoms with Crippen LogP contribution in [0.15, 0.2) is 6.33 Å². The summed E-state index contributed by atoms with van der Waals surface area (Å²) < 4.78 is 44.7. The lowest BCUT2D eigenvalue weighted by molar-refractivity contribution is -0.138. The van der Waals surface area contributed by atoms with E-state index in [0.717, 1.165) is 25.6 Å². The van der Waals surface area contributed by atoms with Crippen molar-refractivity contribution in [3.05, 3.63) is 17.6 Å². The highest BCUT2D eigenvalue weighted by Gasteiger charge is 2.42. The molecule has 2 heterocycles. The second kappa shape index (κ2) is 6.28. The summed E-state index contributed by atoms with van der Waals surface area (Å²) in [6.45, 7) is 2.49. The van der Waals surface area contributed by atoms with Crippen LogP contribution in [0.2, 0.25) is 0 Å². The largest absolute Gasteiger partial charge is 0.461 e. The first-order valence-corrected chi connectivity index (χ1v) is 6.79. The number of rotatable bonds is 3. The molecule has 1 aromatic rings. The van der Waals surface area contributed by atoms with Crippen molar-refractivity contribution in [2.24, 2.45) is 0 Å². The maximum atomic E-state index is 13.4. The number of nitrogens with zero attached hydrogens (tertiary/aromatic N) is 3. The Morgan fingerprint density at radius 2 is 1.95 bits per heavy atom. The Balaban J connectivity index is 2.49. The van der Waals surface area contributed by atoms with Gasteiger partial charge in [0.15, 0.2) is 5.69 Å². The summed E-state index contributed by atoms with van der Waals surface area (Å²) in [4.78, 5) is 20.5. The molecule has 1 aromatic heterocycles. The lowest BCUT2D eigenvalue weighted by Gasteiger charge is -2.30. The molecule has 0 atom stereocenters. The number of alkyl halides is 3. The monoisotopic (exact) mass is 303 g/mol. The molecular weight excluding hydrogens is 287 g/mol. The zero-order valence-corrected chi connectivity index (χ0v) is 11.6. The van der Waals surface area contributed by atoms with Crippen molar-refractivity contribution in [3.63, 3.8) is 0 Å². The fourth-order valence-electron chi connectivity index (χ4n) is 2.34. The molecule has 5 nitrogen and oxygen atoms in total. The van der Waals surface area contributed by atoms with E-state index in [0.29, 0.717) is 13.1 Å². The molecule has 2 rings (SSSR count). The highest BCUT2D eigenvalue weighted by atomic mass is 19.4. The minimum atomic E-state index is -4.71. The normalized spacial score (nSPS) is 15.9. The van der Waals surface area contributed by atoms with Gasteiger partial charge < -0.3 is 9.64 Å². The Morgan fingerprint density at radius 1 is 1.29 bits per heavy atom. The lowest BCUT2D eigenvalue weighted by atomic mass is 10.1. The molecule has 0 aromatic carbocycles. The van der Waals surface area contributed by atoms with E-state index in [2.05, 4.69) is 14.7 Å². The van der Waals surface area contributed by atoms with Crippen LogP contribution >= 0.6 is 0 Å². The van der Waals surface area contributed by atoms with Crippen molar-refractivity contribution >= 4 is 11.8 Å². The van der Waals surface area contributed by atoms with Gasteiger partial charge in [-0.05, 0) is 26.2 Å². The number of ether oxygens (including phenoxy) is 1. The minimum Gasteiger partial charge on any atom is -0.461 e. The van der Waals surface area contributed by atoms with Crippen LogP contribution in [0.5, 0.6) is 0 Å². The molecule has 0 radical (unpaired) electrons. The van der Waals surface area contributed by atoms with E-state index in [1.807, 2.05) is 0 Å². The van der Waals surface area contributed by atoms with E-state index < -0.39 is 23.4 Å². The summed E-state index contributed by atoms with van der Waals surface area (Å²) in [5.41, 5.74) is -1.83. The van der Waals surface area contributed by atoms with E-state index >= 15 is 0 Å². The number of hydrogen-bond acceptors (Lipinski definition) is 5. The van der Waals surface area contributed by atoms with Crippen molar-refractivity contribution in [2.45, 2.75) is 32.4 Å². The second-order valence-corrected chi connectivity index (χ2v) is 4.69. The van der Waals surface area contributed by atoms with Crippen molar-refractivity contribution in [1.82, 2.24) is 9.97 Å². The molecule has 1 saturated heterocycles. The number of halogens is 3. The molecule has 21 heavy (non-hydrogen) atoms. The fourth-order valence-corrected chi connectivity index (χ4v) is 2.34. The van der Waals surface area contributed by atoms with Gasteiger partial charge in [-0.2, -0.15) is 13.2 Å². The van der Waals surface area contributed by atoms with Crippen LogP contribution in [-0.2, 0) is 10.9 Å². The summed E-state index contributed by atoms with van der Waals surface area (Å²) in [5, 5.41) is 0. The van der Waals surface area contributed by atoms with Gasteiger partial charge in [-0.25, -0.2) is 14.8 Å². The molecule has 0 amide bonds. The molecule has 0 saturated carbocycles. The predicted molar refractivity (Wildman–Crippen MR) is 69.1 cm³/mol. The zero-order chi connectivity index (χ0) is 15.5. The molecule has 116 valence electrons. The first-order valence-electron chi connectivity index (χ1n) is 6.79. The number of carbonyl (C=O) groups is 1. The Hall–Kier alpha value is -1.86. The lowest BCUT2D eigenvalue weighted by Crippen LogP contribution is -2.33. The SMILES string of the molecule is CCOC(=O)c1ncnc(N2CCCCC2)c1C(F)(F)F. The highest BCUT2D eigenvalue weighted by Crippen LogP contribution is 2.38. The molecule has 0 unspecified atom stereocenters. The Kier molecular flexibility index (Phi) is 4.64. The van der Waals surface area contributed by atoms with Gasteiger partial charge in [-0.15, -0.1) is 0 Å². The molecule has 1 fully saturated rings. The van der Waals surface area contributed by atoms with Gasteiger partial charge in [0.1, 0.15) is 17.7 Å². The first-order chi connectivity index (χ1) is 9.95. The Labute approximate surface area is 120 Å². The third kappa shape index (κ3) is 3.43. The topological polar surface area (TPSA) is 55.3 Å². The maximum Gasteiger partial charge on any atom is 0.422 e. The number of anilines is 1. The van der Waals surface area contributed by atoms with Gasteiger partial charge in [0.2, 0.25) is 0 Å². The van der Waals surface area contributed by atoms with Gasteiger partial charge in [0, 0.05) is 13.1 Å². The third-order valence-corrected chi connectivity index (χ3v) is 3.24. The summed E-state index contributed by atoms with van der Waals surface area (Å²) in [6, 6.07) is 0. The third-order valence-electron chi connectivity index (χ3n) is 3.24. The van der Waals surface area contributed by atoms with E-state index in [1.165, 1.54) is 6.92 Å². The molecule has 0 N–H and O–H groups in total. The molecular formula is C13H16F3N3O2. The van der Waals surface area contributed by atoms with Gasteiger partial charge in [0.05, 0.1) is 6.61 Å². The fraction of sp³-hybridized carbons (Fsp3) is 0.615. The predicted octanol–water partition coefficient (Wildman–Crippen LogP) is 2.66. The van der Waals surface area contributed by atoms with Crippen molar-refractivity contribution in [3.8, 4) is 0 Å². The number of piperidine rings is 1. The van der Waals surface area contributed by atoms with Crippen LogP contribution in [0.3, 0.4) is 0 Å². The van der Waals surface area contributed by atoms with Crippen molar-refractivity contribution in [1.29, 1.82) is 0 Å². The van der Waals surface area contributed by atoms with Crippen LogP contribution < -0.4 is 4.90 Å². The van der Waals surface area contributed by atoms with E-state index in [4.69, 9.17) is 0 Å². The number of aromatic nitrogens is 2. The van der Waals surface area contributed by atoms with E-state index in [9.17, 15) is 18.0 Å². The van der Waals surface area contributed by atoms with Gasteiger partial charge in [0.25, 0.3) is 0 Å². The van der Waals surface area contributed by atoms with Crippen LogP contribution in [0.4, 0.5) is 19.0 Å². The maximum absolute atomic E-state index is 13.4. The minimum absolute atomic E-state index is 0.0147. The van der Waals surface area contributed by atoms with Crippen LogP contribution in [0.1, 0.15) is 42.2 Å². The van der Waals surface area contributed by atoms with Gasteiger partial charge in [-0.1, -0.05) is 0 Å². The summed E-state index contributed by atoms with van der Waals surface area (Å²) in [5.74, 6) is -1.31. The molecule has 1 aliphatic rings. The van der Waals surface area contributed by atoms with Crippen LogP contribution in [-0.4, -0.2) is 35.6 Å². The van der Waals surface area contributed by atoms with Crippen molar-refractivity contribution in [2.75, 3.05) is 24.6 Å². The molecule has 8 heteroatoms. The first kappa shape index (κ1) is 15.5. The molecule has 1 aliphatic heterocycles. The Bertz CT molecular complexity index is 514. The summed E-state index contributed by atoms with van der Waals surface area (Å²) in [6.07, 6.45) is -1.15. The van der Waals surface area contributed by atoms with Crippen molar-refractivity contribution < 1.29 is 22.7 Å². The molecule has 0 spiro atoms. The van der Waals surface area contributed by atoms with Crippen LogP contribution in [0.25, 0.3) is 0 Å². The Morgan fingerprint density at radius 3 is 2.52 bits per heavy atom. The molecule has 0 bridgehead atoms. The number of hydrogen-bond donors (Lipinski definition) is 0. The number of esters is 1. The summed E-state index contributed by atoms with van der Waals surface area (Å²) in [7, 11) is 0. The average molecular weight is 303 g/mol. The smallest absolute Gasteiger partial charge is 0.422 e. The molecule has 0 aliphatic carbocycles. The quantitative estimate of drug-likeness (QED) is 0.804.